The lowest BCUT2D eigenvalue weighted by Crippen LogP contribution is -2.36. The smallest absolute Gasteiger partial charge is 0.239 e. The van der Waals surface area contributed by atoms with Crippen LogP contribution in [0.15, 0.2) is 23.1 Å². The SMILES string of the molecule is CCCNC(=O)CN(C)c1cccc(SC)c1C(N)=S. The number of rotatable bonds is 7. The Kier molecular flexibility index (Phi) is 6.81. The van der Waals surface area contributed by atoms with Crippen LogP contribution in [0.1, 0.15) is 18.9 Å². The average Bonchev–Trinajstić information content (AvgIpc) is 2.43. The molecule has 20 heavy (non-hydrogen) atoms. The molecule has 4 nitrogen and oxygen atoms in total. The highest BCUT2D eigenvalue weighted by Crippen LogP contribution is 2.29. The highest BCUT2D eigenvalue weighted by atomic mass is 32.2. The van der Waals surface area contributed by atoms with Crippen LogP contribution < -0.4 is 16.0 Å². The number of likely N-dealkylation sites (N-methyl/N-ethyl adjacent to an activating group) is 1. The van der Waals surface area contributed by atoms with Crippen LogP contribution >= 0.6 is 24.0 Å². The van der Waals surface area contributed by atoms with Crippen molar-refractivity contribution < 1.29 is 4.79 Å². The molecule has 0 spiro atoms. The van der Waals surface area contributed by atoms with E-state index in [9.17, 15) is 4.79 Å². The Balaban J connectivity index is 2.95. The lowest BCUT2D eigenvalue weighted by Gasteiger charge is -2.23. The van der Waals surface area contributed by atoms with Gasteiger partial charge in [0.05, 0.1) is 6.54 Å². The lowest BCUT2D eigenvalue weighted by molar-refractivity contribution is -0.119. The van der Waals surface area contributed by atoms with Crippen LogP contribution in [-0.2, 0) is 4.79 Å². The molecule has 0 bridgehead atoms. The van der Waals surface area contributed by atoms with E-state index in [0.29, 0.717) is 11.5 Å². The number of amides is 1. The molecule has 0 unspecified atom stereocenters. The zero-order valence-electron chi connectivity index (χ0n) is 12.1. The summed E-state index contributed by atoms with van der Waals surface area (Å²) in [6.07, 6.45) is 2.91. The topological polar surface area (TPSA) is 58.4 Å². The first-order valence-corrected chi connectivity index (χ1v) is 8.09. The van der Waals surface area contributed by atoms with Crippen LogP contribution in [0, 0.1) is 0 Å². The Hall–Kier alpha value is -1.27. The van der Waals surface area contributed by atoms with Gasteiger partial charge in [0.1, 0.15) is 4.99 Å². The third kappa shape index (κ3) is 4.38. The zero-order valence-corrected chi connectivity index (χ0v) is 13.7. The summed E-state index contributed by atoms with van der Waals surface area (Å²) in [5.41, 5.74) is 7.55. The second-order valence-corrected chi connectivity index (χ2v) is 5.71. The molecule has 6 heteroatoms. The Morgan fingerprint density at radius 1 is 1.50 bits per heavy atom. The van der Waals surface area contributed by atoms with Crippen molar-refractivity contribution in [1.82, 2.24) is 5.32 Å². The minimum atomic E-state index is -0.00204. The van der Waals surface area contributed by atoms with E-state index in [-0.39, 0.29) is 12.5 Å². The van der Waals surface area contributed by atoms with Gasteiger partial charge in [-0.1, -0.05) is 25.2 Å². The molecule has 3 N–H and O–H groups in total. The van der Waals surface area contributed by atoms with Gasteiger partial charge in [-0.2, -0.15) is 0 Å². The van der Waals surface area contributed by atoms with Crippen molar-refractivity contribution in [2.75, 3.05) is 31.3 Å². The van der Waals surface area contributed by atoms with Crippen molar-refractivity contribution in [3.05, 3.63) is 23.8 Å². The predicted octanol–water partition coefficient (Wildman–Crippen LogP) is 2.01. The number of nitrogens with zero attached hydrogens (tertiary/aromatic N) is 1. The van der Waals surface area contributed by atoms with E-state index in [1.807, 2.05) is 43.3 Å². The highest BCUT2D eigenvalue weighted by Gasteiger charge is 2.15. The third-order valence-electron chi connectivity index (χ3n) is 2.83. The molecule has 0 fully saturated rings. The standard InChI is InChI=1S/C14H21N3OS2/c1-4-8-16-12(18)9-17(2)10-6-5-7-11(20-3)13(10)14(15)19/h5-7H,4,8-9H2,1-3H3,(H2,15,19)(H,16,18). The van der Waals surface area contributed by atoms with Gasteiger partial charge in [0.2, 0.25) is 5.91 Å². The van der Waals surface area contributed by atoms with E-state index in [1.165, 1.54) is 0 Å². The summed E-state index contributed by atoms with van der Waals surface area (Å²) in [5.74, 6) is -0.00204. The number of anilines is 1. The van der Waals surface area contributed by atoms with E-state index in [2.05, 4.69) is 5.32 Å². The maximum absolute atomic E-state index is 11.8. The molecule has 1 aromatic carbocycles. The summed E-state index contributed by atoms with van der Waals surface area (Å²) >= 11 is 6.74. The molecular weight excluding hydrogens is 290 g/mol. The quantitative estimate of drug-likeness (QED) is 0.596. The van der Waals surface area contributed by atoms with Crippen LogP contribution in [0.4, 0.5) is 5.69 Å². The molecule has 1 rings (SSSR count). The van der Waals surface area contributed by atoms with E-state index in [0.717, 1.165) is 22.6 Å². The molecule has 110 valence electrons. The van der Waals surface area contributed by atoms with Gasteiger partial charge in [0, 0.05) is 29.7 Å². The largest absolute Gasteiger partial charge is 0.389 e. The van der Waals surface area contributed by atoms with Gasteiger partial charge in [-0.15, -0.1) is 11.8 Å². The monoisotopic (exact) mass is 311 g/mol. The Morgan fingerprint density at radius 2 is 2.20 bits per heavy atom. The van der Waals surface area contributed by atoms with E-state index in [1.54, 1.807) is 11.8 Å². The Morgan fingerprint density at radius 3 is 2.75 bits per heavy atom. The van der Waals surface area contributed by atoms with Crippen molar-refractivity contribution >= 4 is 40.6 Å². The van der Waals surface area contributed by atoms with Gasteiger partial charge in [0.15, 0.2) is 0 Å². The first kappa shape index (κ1) is 16.8. The van der Waals surface area contributed by atoms with Gasteiger partial charge in [-0.25, -0.2) is 0 Å². The van der Waals surface area contributed by atoms with Crippen molar-refractivity contribution in [1.29, 1.82) is 0 Å². The maximum atomic E-state index is 11.8. The average molecular weight is 311 g/mol. The number of thioether (sulfide) groups is 1. The number of benzene rings is 1. The summed E-state index contributed by atoms with van der Waals surface area (Å²) in [7, 11) is 1.87. The molecule has 1 aromatic rings. The number of nitrogens with one attached hydrogen (secondary N) is 1. The summed E-state index contributed by atoms with van der Waals surface area (Å²) in [5, 5.41) is 2.86. The third-order valence-corrected chi connectivity index (χ3v) is 3.82. The predicted molar refractivity (Wildman–Crippen MR) is 90.7 cm³/mol. The van der Waals surface area contributed by atoms with Crippen LogP contribution in [0.5, 0.6) is 0 Å². The van der Waals surface area contributed by atoms with E-state index >= 15 is 0 Å². The molecule has 0 aliphatic rings. The van der Waals surface area contributed by atoms with E-state index in [4.69, 9.17) is 18.0 Å². The van der Waals surface area contributed by atoms with Crippen LogP contribution in [0.25, 0.3) is 0 Å². The van der Waals surface area contributed by atoms with Crippen molar-refractivity contribution in [2.45, 2.75) is 18.2 Å². The van der Waals surface area contributed by atoms with Crippen molar-refractivity contribution in [3.63, 3.8) is 0 Å². The first-order valence-electron chi connectivity index (χ1n) is 6.45. The number of carbonyl (C=O) groups is 1. The fourth-order valence-corrected chi connectivity index (χ4v) is 2.79. The number of nitrogens with two attached hydrogens (primary N) is 1. The minimum absolute atomic E-state index is 0.00204. The van der Waals surface area contributed by atoms with Crippen LogP contribution in [-0.4, -0.2) is 37.3 Å². The molecule has 0 aliphatic carbocycles. The highest BCUT2D eigenvalue weighted by molar-refractivity contribution is 7.98. The molecule has 0 radical (unpaired) electrons. The van der Waals surface area contributed by atoms with Crippen molar-refractivity contribution in [3.8, 4) is 0 Å². The fraction of sp³-hybridized carbons (Fsp3) is 0.429. The summed E-state index contributed by atoms with van der Waals surface area (Å²) in [6, 6.07) is 5.86. The van der Waals surface area contributed by atoms with Gasteiger partial charge < -0.3 is 16.0 Å². The van der Waals surface area contributed by atoms with Crippen molar-refractivity contribution in [2.24, 2.45) is 5.73 Å². The summed E-state index contributed by atoms with van der Waals surface area (Å²) in [4.78, 5) is 15.0. The zero-order chi connectivity index (χ0) is 15.1. The Bertz CT molecular complexity index is 491. The lowest BCUT2D eigenvalue weighted by atomic mass is 10.1. The number of hydrogen-bond donors (Lipinski definition) is 2. The normalized spacial score (nSPS) is 10.2. The molecule has 0 heterocycles. The number of thiocarbonyl (C=S) groups is 1. The molecule has 0 saturated carbocycles. The molecule has 0 aliphatic heterocycles. The Labute approximate surface area is 130 Å². The second kappa shape index (κ2) is 8.11. The molecular formula is C14H21N3OS2. The number of hydrogen-bond acceptors (Lipinski definition) is 4. The van der Waals surface area contributed by atoms with Crippen LogP contribution in [0.3, 0.4) is 0 Å². The summed E-state index contributed by atoms with van der Waals surface area (Å²) < 4.78 is 0. The molecule has 0 atom stereocenters. The van der Waals surface area contributed by atoms with Gasteiger partial charge >= 0.3 is 0 Å². The minimum Gasteiger partial charge on any atom is -0.389 e. The fourth-order valence-electron chi connectivity index (χ4n) is 1.88. The van der Waals surface area contributed by atoms with E-state index < -0.39 is 0 Å². The second-order valence-electron chi connectivity index (χ2n) is 4.42. The maximum Gasteiger partial charge on any atom is 0.239 e. The van der Waals surface area contributed by atoms with Gasteiger partial charge in [0.25, 0.3) is 0 Å². The van der Waals surface area contributed by atoms with Crippen LogP contribution in [0.2, 0.25) is 0 Å². The van der Waals surface area contributed by atoms with Gasteiger partial charge in [-0.3, -0.25) is 4.79 Å². The molecule has 0 aromatic heterocycles. The van der Waals surface area contributed by atoms with Gasteiger partial charge in [-0.05, 0) is 24.8 Å². The first-order chi connectivity index (χ1) is 9.51. The summed E-state index contributed by atoms with van der Waals surface area (Å²) in [6.45, 7) is 3.00. The molecule has 1 amide bonds. The number of carbonyl (C=O) groups excluding carboxylic acids is 1. The molecule has 0 saturated heterocycles.